The van der Waals surface area contributed by atoms with E-state index in [0.717, 1.165) is 5.75 Å². The normalized spacial score (nSPS) is 12.6. The molecule has 1 heterocycles. The van der Waals surface area contributed by atoms with Gasteiger partial charge in [0.25, 0.3) is 8.32 Å². The summed E-state index contributed by atoms with van der Waals surface area (Å²) in [7, 11) is -1.87. The van der Waals surface area contributed by atoms with Gasteiger partial charge in [0.2, 0.25) is 0 Å². The molecule has 4 heteroatoms. The van der Waals surface area contributed by atoms with Gasteiger partial charge in [-0.2, -0.15) is 0 Å². The van der Waals surface area contributed by atoms with Crippen LogP contribution in [-0.2, 0) is 0 Å². The number of rotatable bonds is 5. The number of hydrogen-bond donors (Lipinski definition) is 0. The van der Waals surface area contributed by atoms with Crippen LogP contribution >= 0.6 is 11.6 Å². The van der Waals surface area contributed by atoms with Crippen LogP contribution in [0.1, 0.15) is 41.5 Å². The lowest BCUT2D eigenvalue weighted by molar-refractivity contribution is 0.478. The van der Waals surface area contributed by atoms with Gasteiger partial charge in [0, 0.05) is 0 Å². The first-order chi connectivity index (χ1) is 8.30. The minimum absolute atomic E-state index is 0.508. The van der Waals surface area contributed by atoms with Gasteiger partial charge in [0.1, 0.15) is 10.9 Å². The number of hydrogen-bond acceptors (Lipinski definition) is 2. The highest BCUT2D eigenvalue weighted by atomic mass is 35.5. The Bertz CT molecular complexity index is 354. The summed E-state index contributed by atoms with van der Waals surface area (Å²) < 4.78 is 6.46. The quantitative estimate of drug-likeness (QED) is 0.542. The van der Waals surface area contributed by atoms with Crippen molar-refractivity contribution >= 4 is 19.9 Å². The molecule has 0 bridgehead atoms. The van der Waals surface area contributed by atoms with Crippen LogP contribution in [0.4, 0.5) is 0 Å². The monoisotopic (exact) mass is 285 g/mol. The van der Waals surface area contributed by atoms with Gasteiger partial charge in [-0.1, -0.05) is 53.1 Å². The molecule has 1 aromatic heterocycles. The molecule has 1 aromatic rings. The molecule has 0 saturated carbocycles. The lowest BCUT2D eigenvalue weighted by atomic mass is 10.5. The first-order valence-electron chi connectivity index (χ1n) is 6.61. The predicted octanol–water partition coefficient (Wildman–Crippen LogP) is 5.29. The Labute approximate surface area is 117 Å². The molecule has 0 aliphatic heterocycles. The molecular weight excluding hydrogens is 262 g/mol. The molecule has 1 rings (SSSR count). The van der Waals surface area contributed by atoms with E-state index in [1.165, 1.54) is 0 Å². The first kappa shape index (κ1) is 15.5. The lowest BCUT2D eigenvalue weighted by Gasteiger charge is -2.42. The van der Waals surface area contributed by atoms with Crippen molar-refractivity contribution in [1.82, 2.24) is 4.98 Å². The molecule has 0 spiro atoms. The van der Waals surface area contributed by atoms with Gasteiger partial charge in [-0.05, 0) is 28.8 Å². The zero-order chi connectivity index (χ0) is 13.9. The second-order valence-corrected chi connectivity index (χ2v) is 11.5. The molecule has 102 valence electrons. The summed E-state index contributed by atoms with van der Waals surface area (Å²) in [6.07, 6.45) is 1.73. The molecule has 0 unspecified atom stereocenters. The summed E-state index contributed by atoms with van der Waals surface area (Å²) in [5.74, 6) is 0.849. The first-order valence-corrected chi connectivity index (χ1v) is 9.13. The molecule has 0 atom stereocenters. The largest absolute Gasteiger partial charge is 0.542 e. The third-order valence-electron chi connectivity index (χ3n) is 3.70. The molecule has 0 saturated heterocycles. The summed E-state index contributed by atoms with van der Waals surface area (Å²) in [6.45, 7) is 13.6. The van der Waals surface area contributed by atoms with E-state index in [1.807, 2.05) is 6.07 Å². The van der Waals surface area contributed by atoms with E-state index in [9.17, 15) is 0 Å². The van der Waals surface area contributed by atoms with Gasteiger partial charge in [0.15, 0.2) is 0 Å². The Morgan fingerprint density at radius 3 is 1.83 bits per heavy atom. The van der Waals surface area contributed by atoms with Gasteiger partial charge >= 0.3 is 0 Å². The van der Waals surface area contributed by atoms with E-state index in [2.05, 4.69) is 46.5 Å². The van der Waals surface area contributed by atoms with E-state index in [4.69, 9.17) is 16.0 Å². The second-order valence-electron chi connectivity index (χ2n) is 5.74. The highest BCUT2D eigenvalue weighted by molar-refractivity contribution is 6.78. The Hall–Kier alpha value is -0.543. The van der Waals surface area contributed by atoms with Gasteiger partial charge in [-0.15, -0.1) is 0 Å². The Balaban J connectivity index is 3.08. The van der Waals surface area contributed by atoms with Gasteiger partial charge in [0.05, 0.1) is 6.20 Å². The minimum Gasteiger partial charge on any atom is -0.542 e. The molecule has 0 aliphatic rings. The smallest absolute Gasteiger partial charge is 0.258 e. The maximum atomic E-state index is 6.46. The molecule has 2 nitrogen and oxygen atoms in total. The van der Waals surface area contributed by atoms with Crippen LogP contribution in [-0.4, -0.2) is 13.3 Å². The maximum Gasteiger partial charge on any atom is 0.258 e. The zero-order valence-corrected chi connectivity index (χ0v) is 14.0. The van der Waals surface area contributed by atoms with Crippen molar-refractivity contribution in [2.45, 2.75) is 58.2 Å². The summed E-state index contributed by atoms with van der Waals surface area (Å²) in [6, 6.07) is 3.71. The van der Waals surface area contributed by atoms with Crippen molar-refractivity contribution in [3.05, 3.63) is 23.5 Å². The molecule has 18 heavy (non-hydrogen) atoms. The van der Waals surface area contributed by atoms with Crippen LogP contribution in [0, 0.1) is 0 Å². The molecule has 0 aliphatic carbocycles. The summed E-state index contributed by atoms with van der Waals surface area (Å²) in [4.78, 5) is 4.10. The minimum atomic E-state index is -1.87. The average Bonchev–Trinajstić information content (AvgIpc) is 2.26. The van der Waals surface area contributed by atoms with Crippen molar-refractivity contribution in [2.24, 2.45) is 0 Å². The van der Waals surface area contributed by atoms with E-state index in [0.29, 0.717) is 21.8 Å². The predicted molar refractivity (Wildman–Crippen MR) is 80.9 cm³/mol. The second kappa shape index (κ2) is 6.07. The van der Waals surface area contributed by atoms with Crippen molar-refractivity contribution < 1.29 is 4.43 Å². The Morgan fingerprint density at radius 1 is 1.00 bits per heavy atom. The van der Waals surface area contributed by atoms with E-state index in [-0.39, 0.29) is 0 Å². The van der Waals surface area contributed by atoms with Crippen molar-refractivity contribution in [2.75, 3.05) is 0 Å². The van der Waals surface area contributed by atoms with Crippen LogP contribution in [0.2, 0.25) is 21.8 Å². The van der Waals surface area contributed by atoms with Crippen LogP contribution < -0.4 is 4.43 Å². The van der Waals surface area contributed by atoms with Crippen LogP contribution in [0.3, 0.4) is 0 Å². The fraction of sp³-hybridized carbons (Fsp3) is 0.643. The highest BCUT2D eigenvalue weighted by Crippen LogP contribution is 2.42. The van der Waals surface area contributed by atoms with Crippen LogP contribution in [0.5, 0.6) is 5.75 Å². The van der Waals surface area contributed by atoms with Gasteiger partial charge < -0.3 is 4.43 Å². The average molecular weight is 286 g/mol. The molecule has 0 N–H and O–H groups in total. The number of aromatic nitrogens is 1. The van der Waals surface area contributed by atoms with Crippen molar-refractivity contribution in [3.8, 4) is 5.75 Å². The molecule has 0 amide bonds. The molecule has 0 aromatic carbocycles. The van der Waals surface area contributed by atoms with E-state index >= 15 is 0 Å². The fourth-order valence-electron chi connectivity index (χ4n) is 2.98. The van der Waals surface area contributed by atoms with Crippen LogP contribution in [0.15, 0.2) is 18.3 Å². The Kier molecular flexibility index (Phi) is 5.23. The Morgan fingerprint density at radius 2 is 1.50 bits per heavy atom. The maximum absolute atomic E-state index is 6.46. The standard InChI is InChI=1S/C14H24ClNOSi/c1-10(2)18(11(3)4,12(5)6)17-13-7-8-14(15)16-9-13/h7-12H,1-6H3. The van der Waals surface area contributed by atoms with Gasteiger partial charge in [-0.3, -0.25) is 0 Å². The van der Waals surface area contributed by atoms with E-state index in [1.54, 1.807) is 12.3 Å². The van der Waals surface area contributed by atoms with Crippen molar-refractivity contribution in [1.29, 1.82) is 0 Å². The fourth-order valence-corrected chi connectivity index (χ4v) is 8.33. The SMILES string of the molecule is CC(C)[Si](Oc1ccc(Cl)nc1)(C(C)C)C(C)C. The number of pyridine rings is 1. The summed E-state index contributed by atoms with van der Waals surface area (Å²) in [5, 5.41) is 0.508. The van der Waals surface area contributed by atoms with Crippen molar-refractivity contribution in [3.63, 3.8) is 0 Å². The topological polar surface area (TPSA) is 22.1 Å². The number of nitrogens with zero attached hydrogens (tertiary/aromatic N) is 1. The third kappa shape index (κ3) is 3.07. The summed E-state index contributed by atoms with van der Waals surface area (Å²) >= 11 is 5.82. The molecule has 0 fully saturated rings. The summed E-state index contributed by atoms with van der Waals surface area (Å²) in [5.41, 5.74) is 1.69. The highest BCUT2D eigenvalue weighted by Gasteiger charge is 2.46. The zero-order valence-electron chi connectivity index (χ0n) is 12.2. The molecule has 0 radical (unpaired) electrons. The molecular formula is C14H24ClNOSi. The van der Waals surface area contributed by atoms with Gasteiger partial charge in [-0.25, -0.2) is 4.98 Å². The third-order valence-corrected chi connectivity index (χ3v) is 9.93. The number of halogens is 1. The lowest BCUT2D eigenvalue weighted by Crippen LogP contribution is -2.50. The van der Waals surface area contributed by atoms with Crippen LogP contribution in [0.25, 0.3) is 0 Å². The van der Waals surface area contributed by atoms with E-state index < -0.39 is 8.32 Å².